The molecule has 0 aliphatic heterocycles. The van der Waals surface area contributed by atoms with Crippen LogP contribution in [0.2, 0.25) is 0 Å². The van der Waals surface area contributed by atoms with E-state index in [1.165, 1.54) is 29.8 Å². The van der Waals surface area contributed by atoms with Gasteiger partial charge in [0.25, 0.3) is 0 Å². The Morgan fingerprint density at radius 2 is 2.00 bits per heavy atom. The zero-order valence-corrected chi connectivity index (χ0v) is 14.7. The Kier molecular flexibility index (Phi) is 5.69. The Morgan fingerprint density at radius 3 is 2.79 bits per heavy atom. The number of nitrogens with one attached hydrogen (secondary N) is 2. The summed E-state index contributed by atoms with van der Waals surface area (Å²) >= 11 is 1.61. The standard InChI is InChI=1S/C18H23N3O2S/c1-23-14-9-7-13(8-10-14)11-12-19-17(22)21-18-20-15-5-3-2-4-6-16(15)24-18/h7-10H,2-6,11-12H2,1H3,(H2,19,20,21,22). The first kappa shape index (κ1) is 16.8. The van der Waals surface area contributed by atoms with Gasteiger partial charge in [-0.25, -0.2) is 9.78 Å². The molecule has 1 aromatic carbocycles. The fourth-order valence-electron chi connectivity index (χ4n) is 2.84. The molecule has 3 rings (SSSR count). The lowest BCUT2D eigenvalue weighted by Gasteiger charge is -2.06. The maximum absolute atomic E-state index is 12.0. The van der Waals surface area contributed by atoms with Gasteiger partial charge in [-0.3, -0.25) is 5.32 Å². The van der Waals surface area contributed by atoms with Crippen molar-refractivity contribution >= 4 is 22.5 Å². The smallest absolute Gasteiger partial charge is 0.321 e. The summed E-state index contributed by atoms with van der Waals surface area (Å²) in [5.74, 6) is 0.841. The minimum atomic E-state index is -0.188. The number of thiazole rings is 1. The summed E-state index contributed by atoms with van der Waals surface area (Å²) in [7, 11) is 1.65. The van der Waals surface area contributed by atoms with Crippen LogP contribution in [0, 0.1) is 0 Å². The summed E-state index contributed by atoms with van der Waals surface area (Å²) in [4.78, 5) is 17.9. The summed E-state index contributed by atoms with van der Waals surface area (Å²) in [6.45, 7) is 0.587. The highest BCUT2D eigenvalue weighted by molar-refractivity contribution is 7.15. The van der Waals surface area contributed by atoms with Crippen molar-refractivity contribution in [2.45, 2.75) is 38.5 Å². The second-order valence-corrected chi connectivity index (χ2v) is 7.01. The Labute approximate surface area is 146 Å². The third-order valence-electron chi connectivity index (χ3n) is 4.17. The van der Waals surface area contributed by atoms with Crippen molar-refractivity contribution in [1.82, 2.24) is 10.3 Å². The summed E-state index contributed by atoms with van der Waals surface area (Å²) in [6.07, 6.45) is 6.61. The maximum atomic E-state index is 12.0. The molecule has 1 aromatic heterocycles. The van der Waals surface area contributed by atoms with Gasteiger partial charge in [0, 0.05) is 11.4 Å². The molecular formula is C18H23N3O2S. The summed E-state index contributed by atoms with van der Waals surface area (Å²) in [6, 6.07) is 7.69. The molecule has 1 aliphatic carbocycles. The third kappa shape index (κ3) is 4.47. The fraction of sp³-hybridized carbons (Fsp3) is 0.444. The van der Waals surface area contributed by atoms with Crippen molar-refractivity contribution in [2.75, 3.05) is 19.0 Å². The number of anilines is 1. The zero-order valence-electron chi connectivity index (χ0n) is 13.9. The molecule has 128 valence electrons. The Hall–Kier alpha value is -2.08. The van der Waals surface area contributed by atoms with Gasteiger partial charge in [0.05, 0.1) is 12.8 Å². The van der Waals surface area contributed by atoms with E-state index < -0.39 is 0 Å². The van der Waals surface area contributed by atoms with Crippen molar-refractivity contribution in [3.05, 3.63) is 40.4 Å². The van der Waals surface area contributed by atoms with Gasteiger partial charge in [0.1, 0.15) is 5.75 Å². The molecule has 6 heteroatoms. The molecule has 1 heterocycles. The number of carbonyl (C=O) groups is 1. The number of rotatable bonds is 5. The van der Waals surface area contributed by atoms with E-state index in [4.69, 9.17) is 4.74 Å². The van der Waals surface area contributed by atoms with Gasteiger partial charge in [-0.2, -0.15) is 0 Å². The maximum Gasteiger partial charge on any atom is 0.321 e. The van der Waals surface area contributed by atoms with E-state index in [9.17, 15) is 4.79 Å². The first-order valence-electron chi connectivity index (χ1n) is 8.41. The van der Waals surface area contributed by atoms with Crippen molar-refractivity contribution in [3.8, 4) is 5.75 Å². The van der Waals surface area contributed by atoms with Crippen LogP contribution in [0.3, 0.4) is 0 Å². The molecule has 2 N–H and O–H groups in total. The van der Waals surface area contributed by atoms with E-state index in [0.29, 0.717) is 11.7 Å². The van der Waals surface area contributed by atoms with Crippen molar-refractivity contribution in [3.63, 3.8) is 0 Å². The highest BCUT2D eigenvalue weighted by Crippen LogP contribution is 2.28. The number of methoxy groups -OCH3 is 1. The van der Waals surface area contributed by atoms with E-state index in [2.05, 4.69) is 15.6 Å². The first-order chi connectivity index (χ1) is 11.7. The molecule has 0 atom stereocenters. The van der Waals surface area contributed by atoms with E-state index >= 15 is 0 Å². The quantitative estimate of drug-likeness (QED) is 0.811. The fourth-order valence-corrected chi connectivity index (χ4v) is 3.88. The molecule has 0 radical (unpaired) electrons. The number of fused-ring (bicyclic) bond motifs is 1. The lowest BCUT2D eigenvalue weighted by atomic mass is 10.1. The van der Waals surface area contributed by atoms with Crippen LogP contribution in [0.25, 0.3) is 0 Å². The van der Waals surface area contributed by atoms with Crippen LogP contribution in [0.4, 0.5) is 9.93 Å². The van der Waals surface area contributed by atoms with Crippen LogP contribution in [0.1, 0.15) is 35.4 Å². The van der Waals surface area contributed by atoms with Crippen LogP contribution < -0.4 is 15.4 Å². The van der Waals surface area contributed by atoms with E-state index in [0.717, 1.165) is 30.6 Å². The van der Waals surface area contributed by atoms with Crippen molar-refractivity contribution in [1.29, 1.82) is 0 Å². The predicted octanol–water partition coefficient (Wildman–Crippen LogP) is 3.78. The molecule has 0 unspecified atom stereocenters. The SMILES string of the molecule is COc1ccc(CCNC(=O)Nc2nc3c(s2)CCCCC3)cc1. The number of nitrogens with zero attached hydrogens (tertiary/aromatic N) is 1. The van der Waals surface area contributed by atoms with E-state index in [1.54, 1.807) is 18.4 Å². The lowest BCUT2D eigenvalue weighted by Crippen LogP contribution is -2.30. The summed E-state index contributed by atoms with van der Waals surface area (Å²) in [5.41, 5.74) is 2.34. The van der Waals surface area contributed by atoms with Crippen LogP contribution in [0.5, 0.6) is 5.75 Å². The second kappa shape index (κ2) is 8.15. The molecule has 0 saturated carbocycles. The number of hydrogen-bond donors (Lipinski definition) is 2. The van der Waals surface area contributed by atoms with Gasteiger partial charge in [-0.1, -0.05) is 18.6 Å². The van der Waals surface area contributed by atoms with Crippen molar-refractivity contribution < 1.29 is 9.53 Å². The van der Waals surface area contributed by atoms with Crippen LogP contribution >= 0.6 is 11.3 Å². The van der Waals surface area contributed by atoms with Crippen molar-refractivity contribution in [2.24, 2.45) is 0 Å². The molecule has 1 aliphatic rings. The Balaban J connectivity index is 1.45. The van der Waals surface area contributed by atoms with Crippen LogP contribution in [-0.4, -0.2) is 24.7 Å². The lowest BCUT2D eigenvalue weighted by molar-refractivity contribution is 0.252. The number of benzene rings is 1. The average molecular weight is 345 g/mol. The molecular weight excluding hydrogens is 322 g/mol. The molecule has 2 amide bonds. The second-order valence-electron chi connectivity index (χ2n) is 5.93. The first-order valence-corrected chi connectivity index (χ1v) is 9.22. The number of aromatic nitrogens is 1. The number of carbonyl (C=O) groups excluding carboxylic acids is 1. The molecule has 24 heavy (non-hydrogen) atoms. The molecule has 0 bridgehead atoms. The van der Waals surface area contributed by atoms with Gasteiger partial charge < -0.3 is 10.1 Å². The number of hydrogen-bond acceptors (Lipinski definition) is 4. The van der Waals surface area contributed by atoms with Gasteiger partial charge in [0.15, 0.2) is 5.13 Å². The highest BCUT2D eigenvalue weighted by Gasteiger charge is 2.15. The minimum Gasteiger partial charge on any atom is -0.497 e. The molecule has 0 fully saturated rings. The van der Waals surface area contributed by atoms with E-state index in [-0.39, 0.29) is 6.03 Å². The normalized spacial score (nSPS) is 13.7. The third-order valence-corrected chi connectivity index (χ3v) is 5.25. The van der Waals surface area contributed by atoms with Gasteiger partial charge in [-0.15, -0.1) is 11.3 Å². The summed E-state index contributed by atoms with van der Waals surface area (Å²) < 4.78 is 5.14. The largest absolute Gasteiger partial charge is 0.497 e. The molecule has 0 spiro atoms. The molecule has 0 saturated heterocycles. The topological polar surface area (TPSA) is 63.2 Å². The van der Waals surface area contributed by atoms with Gasteiger partial charge in [0.2, 0.25) is 0 Å². The Bertz CT molecular complexity index is 659. The summed E-state index contributed by atoms with van der Waals surface area (Å²) in [5, 5.41) is 6.46. The van der Waals surface area contributed by atoms with Gasteiger partial charge in [-0.05, 0) is 49.8 Å². The number of urea groups is 1. The van der Waals surface area contributed by atoms with Crippen LogP contribution in [0.15, 0.2) is 24.3 Å². The monoisotopic (exact) mass is 345 g/mol. The minimum absolute atomic E-state index is 0.188. The number of amides is 2. The average Bonchev–Trinajstić information content (AvgIpc) is 2.83. The number of ether oxygens (including phenoxy) is 1. The van der Waals surface area contributed by atoms with Gasteiger partial charge >= 0.3 is 6.03 Å². The zero-order chi connectivity index (χ0) is 16.8. The molecule has 5 nitrogen and oxygen atoms in total. The highest BCUT2D eigenvalue weighted by atomic mass is 32.1. The predicted molar refractivity (Wildman–Crippen MR) is 97.1 cm³/mol. The van der Waals surface area contributed by atoms with E-state index in [1.807, 2.05) is 24.3 Å². The van der Waals surface area contributed by atoms with Crippen LogP contribution in [-0.2, 0) is 19.3 Å². The molecule has 2 aromatic rings. The Morgan fingerprint density at radius 1 is 1.21 bits per heavy atom. The number of aryl methyl sites for hydroxylation is 2.